The van der Waals surface area contributed by atoms with Crippen LogP contribution in [0, 0.1) is 11.6 Å². The highest BCUT2D eigenvalue weighted by Crippen LogP contribution is 2.27. The van der Waals surface area contributed by atoms with Gasteiger partial charge in [-0.3, -0.25) is 10.1 Å². The topological polar surface area (TPSA) is 41.1 Å². The van der Waals surface area contributed by atoms with Gasteiger partial charge in [0.05, 0.1) is 17.8 Å². The second kappa shape index (κ2) is 8.21. The van der Waals surface area contributed by atoms with Crippen molar-refractivity contribution >= 4 is 22.9 Å². The van der Waals surface area contributed by atoms with Gasteiger partial charge in [0.2, 0.25) is 5.91 Å². The summed E-state index contributed by atoms with van der Waals surface area (Å²) in [6.07, 6.45) is 0. The van der Waals surface area contributed by atoms with Crippen LogP contribution < -0.4 is 10.6 Å². The summed E-state index contributed by atoms with van der Waals surface area (Å²) in [5, 5.41) is 7.78. The number of halogens is 2. The number of thiophene rings is 1. The lowest BCUT2D eigenvalue weighted by Gasteiger charge is -2.23. The van der Waals surface area contributed by atoms with Crippen LogP contribution in [-0.2, 0) is 4.79 Å². The van der Waals surface area contributed by atoms with Gasteiger partial charge in [-0.2, -0.15) is 0 Å². The molecule has 26 heavy (non-hydrogen) atoms. The highest BCUT2D eigenvalue weighted by Gasteiger charge is 2.22. The molecule has 2 N–H and O–H groups in total. The molecule has 6 heteroatoms. The van der Waals surface area contributed by atoms with Gasteiger partial charge in [0.15, 0.2) is 0 Å². The number of hydrogen-bond donors (Lipinski definition) is 2. The second-order valence-corrected chi connectivity index (χ2v) is 6.84. The molecule has 0 radical (unpaired) electrons. The van der Waals surface area contributed by atoms with Gasteiger partial charge in [0.25, 0.3) is 0 Å². The molecule has 3 aromatic rings. The number of nitrogens with one attached hydrogen (secondary N) is 2. The third-order valence-electron chi connectivity index (χ3n) is 3.97. The van der Waals surface area contributed by atoms with Gasteiger partial charge >= 0.3 is 0 Å². The summed E-state index contributed by atoms with van der Waals surface area (Å²) in [6, 6.07) is 15.2. The minimum atomic E-state index is -0.591. The second-order valence-electron chi connectivity index (χ2n) is 5.86. The molecule has 0 aliphatic carbocycles. The largest absolute Gasteiger partial charge is 0.322 e. The fraction of sp³-hybridized carbons (Fsp3) is 0.150. The lowest BCUT2D eigenvalue weighted by atomic mass is 10.0. The molecule has 0 fully saturated rings. The third-order valence-corrected chi connectivity index (χ3v) is 4.91. The molecule has 0 saturated carbocycles. The number of benzene rings is 2. The van der Waals surface area contributed by atoms with Crippen molar-refractivity contribution in [2.75, 3.05) is 5.32 Å². The van der Waals surface area contributed by atoms with E-state index in [1.54, 1.807) is 42.5 Å². The highest BCUT2D eigenvalue weighted by atomic mass is 32.1. The van der Waals surface area contributed by atoms with E-state index in [1.165, 1.54) is 24.3 Å². The first-order valence-corrected chi connectivity index (χ1v) is 9.03. The number of hydrogen-bond acceptors (Lipinski definition) is 3. The van der Waals surface area contributed by atoms with Gasteiger partial charge in [0, 0.05) is 4.88 Å². The number of rotatable bonds is 6. The quantitative estimate of drug-likeness (QED) is 0.657. The van der Waals surface area contributed by atoms with E-state index < -0.39 is 11.9 Å². The maximum Gasteiger partial charge on any atom is 0.241 e. The predicted molar refractivity (Wildman–Crippen MR) is 100 cm³/mol. The van der Waals surface area contributed by atoms with Gasteiger partial charge < -0.3 is 5.32 Å². The molecular formula is C20H18F2N2OS. The summed E-state index contributed by atoms with van der Waals surface area (Å²) in [7, 11) is 0. The summed E-state index contributed by atoms with van der Waals surface area (Å²) < 4.78 is 27.0. The molecule has 0 unspecified atom stereocenters. The third kappa shape index (κ3) is 4.33. The molecule has 1 amide bonds. The molecule has 1 aromatic heterocycles. The zero-order valence-electron chi connectivity index (χ0n) is 14.1. The van der Waals surface area contributed by atoms with Gasteiger partial charge in [0.1, 0.15) is 11.6 Å². The molecule has 1 heterocycles. The van der Waals surface area contributed by atoms with Crippen molar-refractivity contribution in [3.05, 3.63) is 88.1 Å². The fourth-order valence-corrected chi connectivity index (χ4v) is 3.39. The molecule has 0 aliphatic rings. The van der Waals surface area contributed by atoms with Crippen LogP contribution in [0.3, 0.4) is 0 Å². The van der Waals surface area contributed by atoms with Crippen LogP contribution >= 0.6 is 11.3 Å². The monoisotopic (exact) mass is 372 g/mol. The summed E-state index contributed by atoms with van der Waals surface area (Å²) >= 11 is 1.54. The van der Waals surface area contributed by atoms with Crippen molar-refractivity contribution in [2.24, 2.45) is 0 Å². The van der Waals surface area contributed by atoms with E-state index in [1.807, 2.05) is 17.5 Å². The van der Waals surface area contributed by atoms with Crippen LogP contribution in [0.2, 0.25) is 0 Å². The van der Waals surface area contributed by atoms with Crippen molar-refractivity contribution in [3.8, 4) is 0 Å². The Labute approximate surface area is 154 Å². The van der Waals surface area contributed by atoms with E-state index in [4.69, 9.17) is 0 Å². The standard InChI is InChI=1S/C20H18F2N2OS/c1-13(20(25)24-17-6-3-2-5-16(17)22)23-19(18-7-4-12-26-18)14-8-10-15(21)11-9-14/h2-13,19,23H,1H3,(H,24,25)/t13-,19-/m0/s1. The lowest BCUT2D eigenvalue weighted by Crippen LogP contribution is -2.40. The van der Waals surface area contributed by atoms with Gasteiger partial charge in [-0.15, -0.1) is 11.3 Å². The Balaban J connectivity index is 1.77. The Morgan fingerprint density at radius 1 is 1.00 bits per heavy atom. The van der Waals surface area contributed by atoms with Crippen LogP contribution in [0.15, 0.2) is 66.0 Å². The zero-order chi connectivity index (χ0) is 18.5. The summed E-state index contributed by atoms with van der Waals surface area (Å²) in [4.78, 5) is 13.5. The number of para-hydroxylation sites is 1. The molecule has 2 atom stereocenters. The van der Waals surface area contributed by atoms with Gasteiger partial charge in [-0.25, -0.2) is 8.78 Å². The SMILES string of the molecule is C[C@H](N[C@@H](c1ccc(F)cc1)c1cccs1)C(=O)Nc1ccccc1F. The predicted octanol–water partition coefficient (Wildman–Crippen LogP) is 4.73. The zero-order valence-corrected chi connectivity index (χ0v) is 14.9. The Morgan fingerprint density at radius 2 is 1.73 bits per heavy atom. The maximum atomic E-state index is 13.7. The van der Waals surface area contributed by atoms with Crippen LogP contribution in [0.5, 0.6) is 0 Å². The van der Waals surface area contributed by atoms with E-state index in [2.05, 4.69) is 10.6 Å². The highest BCUT2D eigenvalue weighted by molar-refractivity contribution is 7.10. The normalized spacial score (nSPS) is 13.2. The summed E-state index contributed by atoms with van der Waals surface area (Å²) in [5.41, 5.74) is 0.986. The fourth-order valence-electron chi connectivity index (χ4n) is 2.58. The Kier molecular flexibility index (Phi) is 5.75. The molecule has 0 saturated heterocycles. The first kappa shape index (κ1) is 18.2. The number of anilines is 1. The van der Waals surface area contributed by atoms with Crippen molar-refractivity contribution in [1.82, 2.24) is 5.32 Å². The van der Waals surface area contributed by atoms with Crippen LogP contribution in [0.1, 0.15) is 23.4 Å². The molecule has 3 nitrogen and oxygen atoms in total. The van der Waals surface area contributed by atoms with Gasteiger partial charge in [-0.1, -0.05) is 30.3 Å². The van der Waals surface area contributed by atoms with Crippen molar-refractivity contribution in [2.45, 2.75) is 19.0 Å². The molecule has 0 spiro atoms. The number of carbonyl (C=O) groups is 1. The molecular weight excluding hydrogens is 354 g/mol. The van der Waals surface area contributed by atoms with Crippen molar-refractivity contribution < 1.29 is 13.6 Å². The van der Waals surface area contributed by atoms with E-state index in [0.717, 1.165) is 10.4 Å². The first-order chi connectivity index (χ1) is 12.5. The maximum absolute atomic E-state index is 13.7. The minimum absolute atomic E-state index is 0.139. The first-order valence-electron chi connectivity index (χ1n) is 8.15. The summed E-state index contributed by atoms with van der Waals surface area (Å²) in [5.74, 6) is -1.15. The van der Waals surface area contributed by atoms with E-state index in [9.17, 15) is 13.6 Å². The molecule has 134 valence electrons. The van der Waals surface area contributed by atoms with E-state index in [0.29, 0.717) is 0 Å². The molecule has 3 rings (SSSR count). The van der Waals surface area contributed by atoms with E-state index in [-0.39, 0.29) is 23.5 Å². The average Bonchev–Trinajstić information content (AvgIpc) is 3.16. The Morgan fingerprint density at radius 3 is 2.38 bits per heavy atom. The van der Waals surface area contributed by atoms with Crippen molar-refractivity contribution in [1.29, 1.82) is 0 Å². The Hall–Kier alpha value is -2.57. The van der Waals surface area contributed by atoms with Crippen LogP contribution in [-0.4, -0.2) is 11.9 Å². The summed E-state index contributed by atoms with van der Waals surface area (Å²) in [6.45, 7) is 1.71. The van der Waals surface area contributed by atoms with Crippen LogP contribution in [0.4, 0.5) is 14.5 Å². The number of carbonyl (C=O) groups excluding carboxylic acids is 1. The molecule has 2 aromatic carbocycles. The molecule has 0 bridgehead atoms. The number of amides is 1. The minimum Gasteiger partial charge on any atom is -0.322 e. The smallest absolute Gasteiger partial charge is 0.241 e. The molecule has 0 aliphatic heterocycles. The lowest BCUT2D eigenvalue weighted by molar-refractivity contribution is -0.117. The van der Waals surface area contributed by atoms with Gasteiger partial charge in [-0.05, 0) is 48.2 Å². The van der Waals surface area contributed by atoms with E-state index >= 15 is 0 Å². The van der Waals surface area contributed by atoms with Crippen molar-refractivity contribution in [3.63, 3.8) is 0 Å². The van der Waals surface area contributed by atoms with Crippen LogP contribution in [0.25, 0.3) is 0 Å². The Bertz CT molecular complexity index is 866. The average molecular weight is 372 g/mol.